The molecule has 35 heavy (non-hydrogen) atoms. The minimum atomic E-state index is -0.880. The summed E-state index contributed by atoms with van der Waals surface area (Å²) in [6, 6.07) is 3.89. The zero-order valence-corrected chi connectivity index (χ0v) is 19.8. The summed E-state index contributed by atoms with van der Waals surface area (Å²) < 4.78 is 29.5. The molecule has 1 saturated heterocycles. The van der Waals surface area contributed by atoms with Crippen LogP contribution in [0.5, 0.6) is 0 Å². The van der Waals surface area contributed by atoms with E-state index in [-0.39, 0.29) is 18.4 Å². The van der Waals surface area contributed by atoms with Crippen molar-refractivity contribution in [1.82, 2.24) is 24.4 Å². The van der Waals surface area contributed by atoms with E-state index in [0.717, 1.165) is 50.9 Å². The molecule has 0 aliphatic carbocycles. The molecule has 0 saturated carbocycles. The molecule has 1 amide bonds. The van der Waals surface area contributed by atoms with Crippen LogP contribution in [-0.4, -0.2) is 70.6 Å². The fourth-order valence-corrected chi connectivity index (χ4v) is 4.60. The smallest absolute Gasteiger partial charge is 0.243 e. The Balaban J connectivity index is 1.37. The summed E-state index contributed by atoms with van der Waals surface area (Å²) in [4.78, 5) is 29.7. The molecule has 2 aromatic heterocycles. The number of benzene rings is 1. The zero-order valence-electron chi connectivity index (χ0n) is 19.8. The van der Waals surface area contributed by atoms with Crippen molar-refractivity contribution in [1.29, 1.82) is 0 Å². The van der Waals surface area contributed by atoms with Gasteiger partial charge in [0, 0.05) is 43.9 Å². The predicted molar refractivity (Wildman–Crippen MR) is 129 cm³/mol. The van der Waals surface area contributed by atoms with Crippen LogP contribution in [0.2, 0.25) is 0 Å². The molecule has 3 aromatic rings. The van der Waals surface area contributed by atoms with Crippen molar-refractivity contribution in [2.75, 3.05) is 55.8 Å². The topological polar surface area (TPSA) is 91.2 Å². The van der Waals surface area contributed by atoms with Crippen molar-refractivity contribution < 1.29 is 13.6 Å². The standard InChI is InChI=1S/C24H28F2N8O/c1-32(2)9-10-34-13-19(16-3-4-17(25)18(26)11-16)30-23(34)15-5-7-33(8-6-15)24-21-22(28-14-29-24)27-12-20(35)31-21/h3-4,11,13-15H,5-10,12H2,1-2H3,(H,31,35)(H,27,28,29). The maximum atomic E-state index is 13.9. The molecular formula is C24H28F2N8O. The van der Waals surface area contributed by atoms with Crippen LogP contribution in [-0.2, 0) is 11.3 Å². The van der Waals surface area contributed by atoms with E-state index in [1.54, 1.807) is 6.07 Å². The second-order valence-electron chi connectivity index (χ2n) is 9.19. The van der Waals surface area contributed by atoms with Crippen molar-refractivity contribution in [2.45, 2.75) is 25.3 Å². The number of amides is 1. The summed E-state index contributed by atoms with van der Waals surface area (Å²) in [7, 11) is 4.03. The van der Waals surface area contributed by atoms with Crippen LogP contribution < -0.4 is 15.5 Å². The normalized spacial score (nSPS) is 16.3. The van der Waals surface area contributed by atoms with Gasteiger partial charge in [0.05, 0.1) is 12.2 Å². The Morgan fingerprint density at radius 2 is 1.94 bits per heavy atom. The number of carbonyl (C=O) groups excluding carboxylic acids is 1. The van der Waals surface area contributed by atoms with Gasteiger partial charge in [-0.15, -0.1) is 0 Å². The minimum absolute atomic E-state index is 0.115. The van der Waals surface area contributed by atoms with E-state index in [1.165, 1.54) is 12.4 Å². The predicted octanol–water partition coefficient (Wildman–Crippen LogP) is 2.93. The van der Waals surface area contributed by atoms with Gasteiger partial charge in [-0.2, -0.15) is 0 Å². The van der Waals surface area contributed by atoms with Crippen LogP contribution in [0.4, 0.5) is 26.1 Å². The first kappa shape index (κ1) is 23.2. The van der Waals surface area contributed by atoms with Gasteiger partial charge in [0.25, 0.3) is 0 Å². The minimum Gasteiger partial charge on any atom is -0.359 e. The number of imidazole rings is 1. The summed E-state index contributed by atoms with van der Waals surface area (Å²) in [5, 5.41) is 5.91. The van der Waals surface area contributed by atoms with Gasteiger partial charge < -0.3 is 25.0 Å². The third kappa shape index (κ3) is 4.81. The number of fused-ring (bicyclic) bond motifs is 1. The lowest BCUT2D eigenvalue weighted by molar-refractivity contribution is -0.114. The molecule has 11 heteroatoms. The summed E-state index contributed by atoms with van der Waals surface area (Å²) in [6.07, 6.45) is 5.12. The Morgan fingerprint density at radius 3 is 2.69 bits per heavy atom. The average molecular weight is 483 g/mol. The molecule has 0 atom stereocenters. The summed E-state index contributed by atoms with van der Waals surface area (Å²) in [5.41, 5.74) is 1.82. The third-order valence-electron chi connectivity index (χ3n) is 6.48. The van der Waals surface area contributed by atoms with Crippen molar-refractivity contribution in [3.05, 3.63) is 48.2 Å². The van der Waals surface area contributed by atoms with E-state index >= 15 is 0 Å². The number of hydrogen-bond donors (Lipinski definition) is 2. The van der Waals surface area contributed by atoms with Gasteiger partial charge in [-0.05, 0) is 45.1 Å². The van der Waals surface area contributed by atoms with Crippen LogP contribution in [0.3, 0.4) is 0 Å². The van der Waals surface area contributed by atoms with Crippen LogP contribution in [0.1, 0.15) is 24.6 Å². The van der Waals surface area contributed by atoms with Crippen LogP contribution in [0.25, 0.3) is 11.3 Å². The van der Waals surface area contributed by atoms with Crippen molar-refractivity contribution in [2.24, 2.45) is 0 Å². The molecular weight excluding hydrogens is 454 g/mol. The number of nitrogens with zero attached hydrogens (tertiary/aromatic N) is 6. The lowest BCUT2D eigenvalue weighted by atomic mass is 9.95. The van der Waals surface area contributed by atoms with Gasteiger partial charge in [-0.25, -0.2) is 23.7 Å². The molecule has 5 rings (SSSR count). The highest BCUT2D eigenvalue weighted by Crippen LogP contribution is 2.36. The van der Waals surface area contributed by atoms with Gasteiger partial charge in [0.1, 0.15) is 17.8 Å². The number of carbonyl (C=O) groups is 1. The second-order valence-corrected chi connectivity index (χ2v) is 9.19. The van der Waals surface area contributed by atoms with Crippen molar-refractivity contribution in [3.63, 3.8) is 0 Å². The Morgan fingerprint density at radius 1 is 1.14 bits per heavy atom. The molecule has 2 aliphatic heterocycles. The molecule has 0 unspecified atom stereocenters. The molecule has 184 valence electrons. The number of anilines is 3. The van der Waals surface area contributed by atoms with E-state index < -0.39 is 11.6 Å². The Hall–Kier alpha value is -3.60. The fraction of sp³-hybridized carbons (Fsp3) is 0.417. The molecule has 1 aromatic carbocycles. The zero-order chi connectivity index (χ0) is 24.5. The highest BCUT2D eigenvalue weighted by atomic mass is 19.2. The summed E-state index contributed by atoms with van der Waals surface area (Å²) in [5.74, 6) is 0.640. The maximum absolute atomic E-state index is 13.9. The molecule has 0 radical (unpaired) electrons. The average Bonchev–Trinajstić information content (AvgIpc) is 3.28. The highest BCUT2D eigenvalue weighted by molar-refractivity contribution is 6.02. The van der Waals surface area contributed by atoms with E-state index in [0.29, 0.717) is 28.6 Å². The first-order valence-corrected chi connectivity index (χ1v) is 11.7. The van der Waals surface area contributed by atoms with Crippen LogP contribution >= 0.6 is 0 Å². The Bertz CT molecular complexity index is 1240. The van der Waals surface area contributed by atoms with Crippen molar-refractivity contribution in [3.8, 4) is 11.3 Å². The van der Waals surface area contributed by atoms with Gasteiger partial charge in [0.15, 0.2) is 23.3 Å². The molecule has 2 aliphatic rings. The molecule has 2 N–H and O–H groups in total. The number of likely N-dealkylation sites (N-methyl/N-ethyl adjacent to an activating group) is 1. The Kier molecular flexibility index (Phi) is 6.33. The van der Waals surface area contributed by atoms with Crippen molar-refractivity contribution >= 4 is 23.2 Å². The van der Waals surface area contributed by atoms with Gasteiger partial charge in [-0.3, -0.25) is 4.79 Å². The van der Waals surface area contributed by atoms with E-state index in [1.807, 2.05) is 20.3 Å². The van der Waals surface area contributed by atoms with E-state index in [2.05, 4.69) is 35.0 Å². The van der Waals surface area contributed by atoms with Gasteiger partial charge in [-0.1, -0.05) is 0 Å². The highest BCUT2D eigenvalue weighted by Gasteiger charge is 2.29. The number of hydrogen-bond acceptors (Lipinski definition) is 7. The number of nitrogens with one attached hydrogen (secondary N) is 2. The number of piperidine rings is 1. The van der Waals surface area contributed by atoms with Crippen LogP contribution in [0, 0.1) is 11.6 Å². The number of aromatic nitrogens is 4. The first-order chi connectivity index (χ1) is 16.9. The van der Waals surface area contributed by atoms with E-state index in [9.17, 15) is 13.6 Å². The van der Waals surface area contributed by atoms with E-state index in [4.69, 9.17) is 4.98 Å². The molecule has 0 spiro atoms. The fourth-order valence-electron chi connectivity index (χ4n) is 4.60. The lowest BCUT2D eigenvalue weighted by Gasteiger charge is -2.34. The number of halogens is 2. The lowest BCUT2D eigenvalue weighted by Crippen LogP contribution is -2.37. The molecule has 4 heterocycles. The van der Waals surface area contributed by atoms with Gasteiger partial charge in [0.2, 0.25) is 5.91 Å². The number of rotatable bonds is 6. The SMILES string of the molecule is CN(C)CCn1cc(-c2ccc(F)c(F)c2)nc1C1CCN(c2ncnc3c2NC(=O)CN3)CC1. The van der Waals surface area contributed by atoms with Gasteiger partial charge >= 0.3 is 0 Å². The summed E-state index contributed by atoms with van der Waals surface area (Å²) >= 11 is 0. The molecule has 9 nitrogen and oxygen atoms in total. The summed E-state index contributed by atoms with van der Waals surface area (Å²) in [6.45, 7) is 3.26. The van der Waals surface area contributed by atoms with Crippen LogP contribution in [0.15, 0.2) is 30.7 Å². The molecule has 0 bridgehead atoms. The second kappa shape index (κ2) is 9.57. The molecule has 1 fully saturated rings. The quantitative estimate of drug-likeness (QED) is 0.558. The maximum Gasteiger partial charge on any atom is 0.243 e. The third-order valence-corrected chi connectivity index (χ3v) is 6.48. The largest absolute Gasteiger partial charge is 0.359 e. The first-order valence-electron chi connectivity index (χ1n) is 11.7. The monoisotopic (exact) mass is 482 g/mol. The Labute approximate surface area is 202 Å².